The Morgan fingerprint density at radius 1 is 1.12 bits per heavy atom. The fourth-order valence-electron chi connectivity index (χ4n) is 3.07. The molecular formula is C16H17F3N2O4. The van der Waals surface area contributed by atoms with Crippen molar-refractivity contribution in [3.8, 4) is 5.75 Å². The van der Waals surface area contributed by atoms with Gasteiger partial charge in [-0.05, 0) is 12.1 Å². The van der Waals surface area contributed by atoms with Gasteiger partial charge in [0.15, 0.2) is 0 Å². The fourth-order valence-corrected chi connectivity index (χ4v) is 3.07. The van der Waals surface area contributed by atoms with E-state index >= 15 is 0 Å². The van der Waals surface area contributed by atoms with Gasteiger partial charge in [-0.2, -0.15) is 0 Å². The first-order valence-electron chi connectivity index (χ1n) is 7.78. The summed E-state index contributed by atoms with van der Waals surface area (Å²) in [5.41, 5.74) is -2.25. The van der Waals surface area contributed by atoms with Crippen LogP contribution in [-0.4, -0.2) is 70.5 Å². The van der Waals surface area contributed by atoms with Crippen molar-refractivity contribution in [2.75, 3.05) is 32.8 Å². The van der Waals surface area contributed by atoms with Crippen molar-refractivity contribution < 1.29 is 33.0 Å². The lowest BCUT2D eigenvalue weighted by Gasteiger charge is -2.36. The summed E-state index contributed by atoms with van der Waals surface area (Å²) < 4.78 is 40.6. The Morgan fingerprint density at radius 2 is 1.68 bits per heavy atom. The van der Waals surface area contributed by atoms with Gasteiger partial charge >= 0.3 is 0 Å². The molecule has 2 amide bonds. The van der Waals surface area contributed by atoms with Gasteiger partial charge < -0.3 is 20.0 Å². The predicted molar refractivity (Wildman–Crippen MR) is 79.6 cm³/mol. The Labute approximate surface area is 141 Å². The molecule has 3 rings (SSSR count). The van der Waals surface area contributed by atoms with E-state index < -0.39 is 42.0 Å². The summed E-state index contributed by atoms with van der Waals surface area (Å²) in [7, 11) is 0. The highest BCUT2D eigenvalue weighted by Crippen LogP contribution is 2.61. The Hall–Kier alpha value is -2.29. The largest absolute Gasteiger partial charge is 0.508 e. The zero-order valence-electron chi connectivity index (χ0n) is 13.2. The van der Waals surface area contributed by atoms with E-state index in [1.165, 1.54) is 15.9 Å². The number of nitrogens with zero attached hydrogens (tertiary/aromatic N) is 2. The number of aromatic hydroxyl groups is 1. The number of benzene rings is 1. The topological polar surface area (TPSA) is 81.1 Å². The van der Waals surface area contributed by atoms with Crippen LogP contribution in [0.4, 0.5) is 13.2 Å². The lowest BCUT2D eigenvalue weighted by molar-refractivity contribution is -0.144. The second-order valence-corrected chi connectivity index (χ2v) is 6.37. The van der Waals surface area contributed by atoms with E-state index in [4.69, 9.17) is 0 Å². The molecule has 2 aliphatic rings. The number of halogens is 3. The average molecular weight is 358 g/mol. The minimum Gasteiger partial charge on any atom is -0.508 e. The van der Waals surface area contributed by atoms with Crippen LogP contribution in [0, 0.1) is 11.2 Å². The predicted octanol–water partition coefficient (Wildman–Crippen LogP) is 0.833. The van der Waals surface area contributed by atoms with Gasteiger partial charge in [0.1, 0.15) is 17.0 Å². The molecule has 0 radical (unpaired) electrons. The number of aliphatic hydroxyl groups excluding tert-OH is 1. The average Bonchev–Trinajstić information content (AvgIpc) is 3.16. The van der Waals surface area contributed by atoms with E-state index in [2.05, 4.69) is 0 Å². The van der Waals surface area contributed by atoms with Crippen LogP contribution in [0.25, 0.3) is 0 Å². The molecule has 1 heterocycles. The van der Waals surface area contributed by atoms with Crippen LogP contribution < -0.4 is 0 Å². The van der Waals surface area contributed by atoms with Crippen LogP contribution in [0.3, 0.4) is 0 Å². The maximum Gasteiger partial charge on any atom is 0.266 e. The molecule has 25 heavy (non-hydrogen) atoms. The third-order valence-electron chi connectivity index (χ3n) is 4.82. The number of rotatable bonds is 3. The number of alkyl halides is 2. The van der Waals surface area contributed by atoms with Gasteiger partial charge in [0.05, 0.1) is 12.2 Å². The van der Waals surface area contributed by atoms with Crippen molar-refractivity contribution >= 4 is 11.8 Å². The highest BCUT2D eigenvalue weighted by Gasteiger charge is 2.76. The second-order valence-electron chi connectivity index (χ2n) is 6.37. The monoisotopic (exact) mass is 358 g/mol. The van der Waals surface area contributed by atoms with Gasteiger partial charge in [-0.25, -0.2) is 13.2 Å². The van der Waals surface area contributed by atoms with E-state index in [-0.39, 0.29) is 37.5 Å². The van der Waals surface area contributed by atoms with Crippen molar-refractivity contribution in [2.45, 2.75) is 12.3 Å². The molecule has 6 nitrogen and oxygen atoms in total. The van der Waals surface area contributed by atoms with Crippen LogP contribution in [0.1, 0.15) is 16.8 Å². The van der Waals surface area contributed by atoms with Crippen molar-refractivity contribution in [2.24, 2.45) is 5.41 Å². The highest BCUT2D eigenvalue weighted by molar-refractivity contribution is 5.95. The molecule has 136 valence electrons. The van der Waals surface area contributed by atoms with Gasteiger partial charge in [-0.1, -0.05) is 0 Å². The summed E-state index contributed by atoms with van der Waals surface area (Å²) in [4.78, 5) is 27.1. The first-order chi connectivity index (χ1) is 11.7. The molecule has 1 atom stereocenters. The zero-order valence-corrected chi connectivity index (χ0v) is 13.2. The Morgan fingerprint density at radius 3 is 2.16 bits per heavy atom. The number of carbonyl (C=O) groups excluding carboxylic acids is 2. The van der Waals surface area contributed by atoms with E-state index in [1.54, 1.807) is 0 Å². The molecule has 0 bridgehead atoms. The third-order valence-corrected chi connectivity index (χ3v) is 4.82. The number of amides is 2. The van der Waals surface area contributed by atoms with E-state index in [9.17, 15) is 33.0 Å². The molecule has 9 heteroatoms. The van der Waals surface area contributed by atoms with Crippen molar-refractivity contribution in [3.05, 3.63) is 29.6 Å². The Kier molecular flexibility index (Phi) is 4.14. The van der Waals surface area contributed by atoms with Gasteiger partial charge in [0.25, 0.3) is 11.8 Å². The van der Waals surface area contributed by atoms with Gasteiger partial charge in [0, 0.05) is 38.7 Å². The number of carbonyl (C=O) groups is 2. The molecule has 1 aliphatic carbocycles. The summed E-state index contributed by atoms with van der Waals surface area (Å²) in [5, 5.41) is 18.4. The normalized spacial score (nSPS) is 25.0. The quantitative estimate of drug-likeness (QED) is 0.839. The maximum atomic E-state index is 13.8. The summed E-state index contributed by atoms with van der Waals surface area (Å²) in [6.45, 7) is -0.725. The molecule has 1 aromatic carbocycles. The number of phenolic OH excluding ortho intramolecular Hbond substituents is 1. The molecule has 2 N–H and O–H groups in total. The number of piperazine rings is 1. The first-order valence-corrected chi connectivity index (χ1v) is 7.78. The van der Waals surface area contributed by atoms with Crippen molar-refractivity contribution in [1.29, 1.82) is 0 Å². The molecule has 1 saturated carbocycles. The lowest BCUT2D eigenvalue weighted by Crippen LogP contribution is -2.53. The van der Waals surface area contributed by atoms with Gasteiger partial charge in [0.2, 0.25) is 5.91 Å². The van der Waals surface area contributed by atoms with Crippen LogP contribution in [0.15, 0.2) is 18.2 Å². The SMILES string of the molecule is O=C(c1ccc(O)cc1F)N1CCN(C(=O)C2(CO)CC2(F)F)CC1. The molecule has 1 saturated heterocycles. The minimum absolute atomic E-state index is 0.0299. The Bertz CT molecular complexity index is 719. The standard InChI is InChI=1S/C16H17F3N2O4/c17-12-7-10(23)1-2-11(12)13(24)20-3-5-21(6-4-20)14(25)15(9-22)8-16(15,18)19/h1-2,7,22-23H,3-6,8-9H2. The zero-order chi connectivity index (χ0) is 18.4. The van der Waals surface area contributed by atoms with E-state index in [0.717, 1.165) is 12.1 Å². The molecule has 2 fully saturated rings. The second kappa shape index (κ2) is 5.91. The molecule has 0 aromatic heterocycles. The van der Waals surface area contributed by atoms with E-state index in [1.807, 2.05) is 0 Å². The molecule has 0 spiro atoms. The smallest absolute Gasteiger partial charge is 0.266 e. The molecule has 1 unspecified atom stereocenters. The Balaban J connectivity index is 1.64. The van der Waals surface area contributed by atoms with Crippen LogP contribution in [-0.2, 0) is 4.79 Å². The highest BCUT2D eigenvalue weighted by atomic mass is 19.3. The summed E-state index contributed by atoms with van der Waals surface area (Å²) in [6.07, 6.45) is -0.673. The van der Waals surface area contributed by atoms with Crippen LogP contribution >= 0.6 is 0 Å². The first kappa shape index (κ1) is 17.5. The summed E-state index contributed by atoms with van der Waals surface area (Å²) in [5.74, 6) is -5.79. The number of hydrogen-bond donors (Lipinski definition) is 2. The van der Waals surface area contributed by atoms with Crippen LogP contribution in [0.5, 0.6) is 5.75 Å². The lowest BCUT2D eigenvalue weighted by atomic mass is 10.1. The summed E-state index contributed by atoms with van der Waals surface area (Å²) in [6, 6.07) is 3.18. The third kappa shape index (κ3) is 2.82. The van der Waals surface area contributed by atoms with Crippen molar-refractivity contribution in [3.63, 3.8) is 0 Å². The molecule has 1 aliphatic heterocycles. The summed E-state index contributed by atoms with van der Waals surface area (Å²) >= 11 is 0. The van der Waals surface area contributed by atoms with Gasteiger partial charge in [-0.3, -0.25) is 9.59 Å². The van der Waals surface area contributed by atoms with Gasteiger partial charge in [-0.15, -0.1) is 0 Å². The molecule has 1 aromatic rings. The molecular weight excluding hydrogens is 341 g/mol. The number of aliphatic hydroxyl groups is 1. The number of phenols is 1. The van der Waals surface area contributed by atoms with Crippen LogP contribution in [0.2, 0.25) is 0 Å². The minimum atomic E-state index is -3.21. The van der Waals surface area contributed by atoms with Crippen molar-refractivity contribution in [1.82, 2.24) is 9.80 Å². The maximum absolute atomic E-state index is 13.8. The fraction of sp³-hybridized carbons (Fsp3) is 0.500. The van der Waals surface area contributed by atoms with E-state index in [0.29, 0.717) is 0 Å². The number of hydrogen-bond acceptors (Lipinski definition) is 4.